The van der Waals surface area contributed by atoms with E-state index >= 15 is 0 Å². The number of aromatic hydroxyl groups is 1. The van der Waals surface area contributed by atoms with Gasteiger partial charge in [0, 0.05) is 11.6 Å². The van der Waals surface area contributed by atoms with Crippen molar-refractivity contribution in [3.8, 4) is 17.0 Å². The molecular weight excluding hydrogens is 268 g/mol. The first kappa shape index (κ1) is 13.4. The van der Waals surface area contributed by atoms with Crippen LogP contribution in [0.2, 0.25) is 5.02 Å². The molecule has 0 unspecified atom stereocenters. The van der Waals surface area contributed by atoms with Crippen LogP contribution in [0.25, 0.3) is 11.1 Å². The van der Waals surface area contributed by atoms with Gasteiger partial charge in [-0.3, -0.25) is 14.3 Å². The van der Waals surface area contributed by atoms with E-state index in [1.807, 2.05) is 6.92 Å². The molecule has 5 nitrogen and oxygen atoms in total. The molecule has 2 rings (SSSR count). The summed E-state index contributed by atoms with van der Waals surface area (Å²) in [6.45, 7) is 2.21. The normalized spacial score (nSPS) is 10.6. The number of aromatic amines is 1. The Kier molecular flexibility index (Phi) is 3.76. The second-order valence-electron chi connectivity index (χ2n) is 4.12. The smallest absolute Gasteiger partial charge is 0.331 e. The van der Waals surface area contributed by atoms with Gasteiger partial charge < -0.3 is 5.11 Å². The van der Waals surface area contributed by atoms with Crippen LogP contribution in [0.15, 0.2) is 33.9 Å². The predicted octanol–water partition coefficient (Wildman–Crippen LogP) is 1.97. The zero-order chi connectivity index (χ0) is 14.0. The van der Waals surface area contributed by atoms with Crippen molar-refractivity contribution in [2.45, 2.75) is 19.9 Å². The van der Waals surface area contributed by atoms with E-state index in [2.05, 4.69) is 4.98 Å². The molecule has 0 aliphatic heterocycles. The summed E-state index contributed by atoms with van der Waals surface area (Å²) in [5, 5.41) is 10.6. The zero-order valence-corrected chi connectivity index (χ0v) is 11.1. The molecule has 0 saturated carbocycles. The van der Waals surface area contributed by atoms with Crippen molar-refractivity contribution in [3.05, 3.63) is 50.1 Å². The molecule has 6 heteroatoms. The predicted molar refractivity (Wildman–Crippen MR) is 73.7 cm³/mol. The second-order valence-corrected chi connectivity index (χ2v) is 4.55. The Morgan fingerprint density at radius 1 is 1.26 bits per heavy atom. The van der Waals surface area contributed by atoms with Crippen LogP contribution in [0, 0.1) is 0 Å². The molecule has 0 spiro atoms. The van der Waals surface area contributed by atoms with Gasteiger partial charge in [-0.1, -0.05) is 30.7 Å². The van der Waals surface area contributed by atoms with Crippen LogP contribution in [0.5, 0.6) is 5.88 Å². The number of benzene rings is 1. The van der Waals surface area contributed by atoms with Crippen LogP contribution in [-0.4, -0.2) is 14.7 Å². The Morgan fingerprint density at radius 2 is 1.89 bits per heavy atom. The monoisotopic (exact) mass is 280 g/mol. The number of hydrogen-bond donors (Lipinski definition) is 2. The molecule has 0 atom stereocenters. The van der Waals surface area contributed by atoms with Gasteiger partial charge >= 0.3 is 5.69 Å². The molecule has 2 aromatic rings. The minimum absolute atomic E-state index is 0.0738. The Morgan fingerprint density at radius 3 is 2.47 bits per heavy atom. The molecule has 0 aliphatic carbocycles. The van der Waals surface area contributed by atoms with E-state index in [-0.39, 0.29) is 11.4 Å². The van der Waals surface area contributed by atoms with Crippen LogP contribution in [-0.2, 0) is 6.54 Å². The lowest BCUT2D eigenvalue weighted by atomic mass is 10.1. The quantitative estimate of drug-likeness (QED) is 0.903. The van der Waals surface area contributed by atoms with Gasteiger partial charge in [-0.15, -0.1) is 0 Å². The molecule has 0 bridgehead atoms. The molecule has 1 heterocycles. The van der Waals surface area contributed by atoms with Crippen molar-refractivity contribution in [1.82, 2.24) is 9.55 Å². The van der Waals surface area contributed by atoms with Crippen molar-refractivity contribution < 1.29 is 5.11 Å². The van der Waals surface area contributed by atoms with Crippen molar-refractivity contribution in [2.24, 2.45) is 0 Å². The Balaban J connectivity index is 2.69. The fourth-order valence-corrected chi connectivity index (χ4v) is 1.99. The first-order chi connectivity index (χ1) is 9.04. The molecule has 1 aromatic carbocycles. The molecule has 0 radical (unpaired) electrons. The van der Waals surface area contributed by atoms with Gasteiger partial charge in [-0.2, -0.15) is 0 Å². The van der Waals surface area contributed by atoms with Crippen molar-refractivity contribution in [1.29, 1.82) is 0 Å². The highest BCUT2D eigenvalue weighted by molar-refractivity contribution is 6.30. The van der Waals surface area contributed by atoms with Crippen LogP contribution >= 0.6 is 11.6 Å². The van der Waals surface area contributed by atoms with Crippen molar-refractivity contribution in [2.75, 3.05) is 0 Å². The molecular formula is C13H13ClN2O3. The fourth-order valence-electron chi connectivity index (χ4n) is 1.87. The van der Waals surface area contributed by atoms with Crippen LogP contribution < -0.4 is 11.2 Å². The highest BCUT2D eigenvalue weighted by Crippen LogP contribution is 2.25. The van der Waals surface area contributed by atoms with Crippen LogP contribution in [0.3, 0.4) is 0 Å². The molecule has 0 amide bonds. The van der Waals surface area contributed by atoms with E-state index in [1.165, 1.54) is 0 Å². The van der Waals surface area contributed by atoms with Gasteiger partial charge in [0.2, 0.25) is 5.88 Å². The maximum atomic E-state index is 11.8. The van der Waals surface area contributed by atoms with E-state index in [0.717, 1.165) is 4.57 Å². The summed E-state index contributed by atoms with van der Waals surface area (Å²) in [6.07, 6.45) is 0.666. The summed E-state index contributed by atoms with van der Waals surface area (Å²) in [7, 11) is 0. The summed E-state index contributed by atoms with van der Waals surface area (Å²) < 4.78 is 1.14. The average Bonchev–Trinajstić information content (AvgIpc) is 2.36. The molecule has 1 aromatic heterocycles. The van der Waals surface area contributed by atoms with Crippen LogP contribution in [0.1, 0.15) is 13.3 Å². The third kappa shape index (κ3) is 2.56. The summed E-state index contributed by atoms with van der Waals surface area (Å²) in [6, 6.07) is 6.47. The first-order valence-corrected chi connectivity index (χ1v) is 6.24. The third-order valence-electron chi connectivity index (χ3n) is 2.75. The lowest BCUT2D eigenvalue weighted by Crippen LogP contribution is -2.30. The summed E-state index contributed by atoms with van der Waals surface area (Å²) in [5.41, 5.74) is -0.642. The molecule has 0 fully saturated rings. The minimum Gasteiger partial charge on any atom is -0.494 e. The van der Waals surface area contributed by atoms with E-state index in [4.69, 9.17) is 11.6 Å². The Labute approximate surface area is 114 Å². The van der Waals surface area contributed by atoms with E-state index in [9.17, 15) is 14.7 Å². The van der Waals surface area contributed by atoms with Crippen molar-refractivity contribution in [3.63, 3.8) is 0 Å². The number of rotatable bonds is 3. The van der Waals surface area contributed by atoms with Gasteiger partial charge in [-0.05, 0) is 24.1 Å². The number of nitrogens with one attached hydrogen (secondary N) is 1. The van der Waals surface area contributed by atoms with Gasteiger partial charge in [0.15, 0.2) is 0 Å². The topological polar surface area (TPSA) is 75.1 Å². The standard InChI is InChI=1S/C13H13ClN2O3/c1-2-7-16-12(18)10(11(17)15-13(16)19)8-3-5-9(14)6-4-8/h3-6,18H,2,7H2,1H3,(H,15,17,19). The average molecular weight is 281 g/mol. The molecule has 100 valence electrons. The van der Waals surface area contributed by atoms with E-state index < -0.39 is 11.2 Å². The number of H-pyrrole nitrogens is 1. The van der Waals surface area contributed by atoms with Crippen molar-refractivity contribution >= 4 is 11.6 Å². The SMILES string of the molecule is CCCn1c(O)c(-c2ccc(Cl)cc2)c(=O)[nH]c1=O. The highest BCUT2D eigenvalue weighted by Gasteiger charge is 2.15. The summed E-state index contributed by atoms with van der Waals surface area (Å²) in [5.74, 6) is -0.321. The summed E-state index contributed by atoms with van der Waals surface area (Å²) >= 11 is 5.78. The number of halogens is 1. The van der Waals surface area contributed by atoms with Gasteiger partial charge in [0.25, 0.3) is 5.56 Å². The highest BCUT2D eigenvalue weighted by atomic mass is 35.5. The van der Waals surface area contributed by atoms with E-state index in [1.54, 1.807) is 24.3 Å². The number of hydrogen-bond acceptors (Lipinski definition) is 3. The maximum absolute atomic E-state index is 11.8. The minimum atomic E-state index is -0.614. The number of nitrogens with zero attached hydrogens (tertiary/aromatic N) is 1. The lowest BCUT2D eigenvalue weighted by Gasteiger charge is -2.10. The van der Waals surface area contributed by atoms with Gasteiger partial charge in [0.1, 0.15) is 5.56 Å². The molecule has 0 aliphatic rings. The van der Waals surface area contributed by atoms with E-state index in [0.29, 0.717) is 23.6 Å². The van der Waals surface area contributed by atoms with Gasteiger partial charge in [-0.25, -0.2) is 4.79 Å². The largest absolute Gasteiger partial charge is 0.494 e. The number of aromatic nitrogens is 2. The first-order valence-electron chi connectivity index (χ1n) is 5.86. The maximum Gasteiger partial charge on any atom is 0.331 e. The third-order valence-corrected chi connectivity index (χ3v) is 3.00. The van der Waals surface area contributed by atoms with Gasteiger partial charge in [0.05, 0.1) is 0 Å². The summed E-state index contributed by atoms with van der Waals surface area (Å²) in [4.78, 5) is 25.7. The second kappa shape index (κ2) is 5.32. The Hall–Kier alpha value is -2.01. The lowest BCUT2D eigenvalue weighted by molar-refractivity contribution is 0.401. The zero-order valence-electron chi connectivity index (χ0n) is 10.3. The molecule has 19 heavy (non-hydrogen) atoms. The molecule has 2 N–H and O–H groups in total. The fraction of sp³-hybridized carbons (Fsp3) is 0.231. The van der Waals surface area contributed by atoms with Crippen LogP contribution in [0.4, 0.5) is 0 Å². The Bertz CT molecular complexity index is 701. The molecule has 0 saturated heterocycles.